The van der Waals surface area contributed by atoms with Crippen molar-refractivity contribution in [1.82, 2.24) is 5.32 Å². The molecule has 2 aliphatic rings. The molecule has 0 bridgehead atoms. The topological polar surface area (TPSA) is 32.3 Å². The normalized spacial score (nSPS) is 22.7. The first-order valence-corrected chi connectivity index (χ1v) is 6.96. The summed E-state index contributed by atoms with van der Waals surface area (Å²) >= 11 is 0. The zero-order valence-corrected chi connectivity index (χ0v) is 11.2. The maximum Gasteiger partial charge on any atom is 0.231 e. The van der Waals surface area contributed by atoms with Gasteiger partial charge in [-0.25, -0.2) is 4.39 Å². The molecule has 0 saturated carbocycles. The summed E-state index contributed by atoms with van der Waals surface area (Å²) in [6.07, 6.45) is 4.80. The van der Waals surface area contributed by atoms with Crippen molar-refractivity contribution in [2.75, 3.05) is 18.5 Å². The van der Waals surface area contributed by atoms with E-state index in [-0.39, 0.29) is 11.7 Å². The molecule has 3 rings (SSSR count). The highest BCUT2D eigenvalue weighted by molar-refractivity contribution is 6.01. The summed E-state index contributed by atoms with van der Waals surface area (Å²) in [5, 5.41) is 3.47. The molecular weight excluding hydrogens is 243 g/mol. The summed E-state index contributed by atoms with van der Waals surface area (Å²) in [6.45, 7) is 1.05. The second kappa shape index (κ2) is 4.93. The summed E-state index contributed by atoms with van der Waals surface area (Å²) in [6, 6.07) is 4.03. The van der Waals surface area contributed by atoms with Crippen LogP contribution in [0, 0.1) is 5.82 Å². The fourth-order valence-electron chi connectivity index (χ4n) is 3.14. The minimum Gasteiger partial charge on any atom is -0.314 e. The van der Waals surface area contributed by atoms with E-state index >= 15 is 0 Å². The molecule has 19 heavy (non-hydrogen) atoms. The van der Waals surface area contributed by atoms with Gasteiger partial charge in [-0.1, -0.05) is 12.5 Å². The third kappa shape index (κ3) is 2.37. The predicted molar refractivity (Wildman–Crippen MR) is 72.9 cm³/mol. The minimum atomic E-state index is -0.267. The van der Waals surface area contributed by atoms with Crippen LogP contribution in [0.3, 0.4) is 0 Å². The second-order valence-electron chi connectivity index (χ2n) is 5.57. The summed E-state index contributed by atoms with van der Waals surface area (Å²) in [5.41, 5.74) is 2.29. The van der Waals surface area contributed by atoms with Crippen LogP contribution in [0.4, 0.5) is 10.1 Å². The smallest absolute Gasteiger partial charge is 0.231 e. The van der Waals surface area contributed by atoms with Gasteiger partial charge in [0.2, 0.25) is 5.91 Å². The van der Waals surface area contributed by atoms with E-state index in [4.69, 9.17) is 0 Å². The Hall–Kier alpha value is -1.42. The number of nitrogens with zero attached hydrogens (tertiary/aromatic N) is 1. The van der Waals surface area contributed by atoms with E-state index in [0.717, 1.165) is 30.5 Å². The molecular formula is C15H19FN2O. The Kier molecular flexibility index (Phi) is 3.27. The number of hydrogen-bond acceptors (Lipinski definition) is 2. The molecule has 1 aromatic carbocycles. The molecule has 1 aromatic rings. The highest BCUT2D eigenvalue weighted by Gasteiger charge is 2.28. The van der Waals surface area contributed by atoms with Crippen molar-refractivity contribution in [2.45, 2.75) is 38.1 Å². The fraction of sp³-hybridized carbons (Fsp3) is 0.533. The van der Waals surface area contributed by atoms with Gasteiger partial charge in [-0.15, -0.1) is 0 Å². The van der Waals surface area contributed by atoms with Crippen molar-refractivity contribution >= 4 is 11.6 Å². The summed E-state index contributed by atoms with van der Waals surface area (Å²) in [7, 11) is 1.64. The van der Waals surface area contributed by atoms with E-state index < -0.39 is 0 Å². The Morgan fingerprint density at radius 3 is 3.00 bits per heavy atom. The van der Waals surface area contributed by atoms with Crippen LogP contribution in [0.25, 0.3) is 0 Å². The lowest BCUT2D eigenvalue weighted by Gasteiger charge is -2.23. The van der Waals surface area contributed by atoms with Crippen LogP contribution in [0.5, 0.6) is 0 Å². The van der Waals surface area contributed by atoms with E-state index in [9.17, 15) is 9.18 Å². The van der Waals surface area contributed by atoms with Gasteiger partial charge in [0.1, 0.15) is 5.82 Å². The van der Waals surface area contributed by atoms with Crippen LogP contribution in [0.2, 0.25) is 0 Å². The monoisotopic (exact) mass is 262 g/mol. The molecule has 1 saturated heterocycles. The van der Waals surface area contributed by atoms with Gasteiger partial charge in [-0.2, -0.15) is 0 Å². The summed E-state index contributed by atoms with van der Waals surface area (Å²) < 4.78 is 14.1. The molecule has 0 spiro atoms. The first kappa shape index (κ1) is 12.6. The lowest BCUT2D eigenvalue weighted by molar-refractivity contribution is -0.117. The molecule has 1 amide bonds. The maximum absolute atomic E-state index is 14.1. The Morgan fingerprint density at radius 2 is 2.26 bits per heavy atom. The second-order valence-corrected chi connectivity index (χ2v) is 5.57. The van der Waals surface area contributed by atoms with Gasteiger partial charge in [0.15, 0.2) is 0 Å². The van der Waals surface area contributed by atoms with Crippen molar-refractivity contribution in [2.24, 2.45) is 0 Å². The number of carbonyl (C=O) groups excluding carboxylic acids is 1. The zero-order chi connectivity index (χ0) is 13.4. The molecule has 1 unspecified atom stereocenters. The SMILES string of the molecule is CN1C(=O)Cc2cc(CC3CCCCN3)cc(F)c21. The van der Waals surface area contributed by atoms with Crippen LogP contribution in [0.15, 0.2) is 12.1 Å². The lowest BCUT2D eigenvalue weighted by Crippen LogP contribution is -2.35. The number of benzene rings is 1. The first-order valence-electron chi connectivity index (χ1n) is 6.96. The molecule has 0 radical (unpaired) electrons. The van der Waals surface area contributed by atoms with E-state index in [1.54, 1.807) is 13.1 Å². The average Bonchev–Trinajstić information content (AvgIpc) is 2.66. The Bertz CT molecular complexity index is 509. The van der Waals surface area contributed by atoms with Crippen molar-refractivity contribution in [3.8, 4) is 0 Å². The minimum absolute atomic E-state index is 0.0261. The van der Waals surface area contributed by atoms with Crippen LogP contribution < -0.4 is 10.2 Å². The van der Waals surface area contributed by atoms with Gasteiger partial charge in [-0.3, -0.25) is 4.79 Å². The molecule has 102 valence electrons. The van der Waals surface area contributed by atoms with Crippen molar-refractivity contribution < 1.29 is 9.18 Å². The Morgan fingerprint density at radius 1 is 1.42 bits per heavy atom. The number of piperidine rings is 1. The number of nitrogens with one attached hydrogen (secondary N) is 1. The molecule has 0 aliphatic carbocycles. The van der Waals surface area contributed by atoms with Crippen molar-refractivity contribution in [1.29, 1.82) is 0 Å². The van der Waals surface area contributed by atoms with Crippen molar-refractivity contribution in [3.63, 3.8) is 0 Å². The predicted octanol–water partition coefficient (Wildman–Crippen LogP) is 2.03. The fourth-order valence-corrected chi connectivity index (χ4v) is 3.14. The Balaban J connectivity index is 1.83. The molecule has 2 aliphatic heterocycles. The van der Waals surface area contributed by atoms with Crippen LogP contribution >= 0.6 is 0 Å². The number of fused-ring (bicyclic) bond motifs is 1. The molecule has 3 nitrogen and oxygen atoms in total. The number of amides is 1. The van der Waals surface area contributed by atoms with Gasteiger partial charge in [0.25, 0.3) is 0 Å². The molecule has 1 fully saturated rings. The highest BCUT2D eigenvalue weighted by atomic mass is 19.1. The summed E-state index contributed by atoms with van der Waals surface area (Å²) in [5.74, 6) is -0.293. The van der Waals surface area contributed by atoms with E-state index in [1.807, 2.05) is 6.07 Å². The number of carbonyl (C=O) groups is 1. The number of anilines is 1. The van der Waals surface area contributed by atoms with E-state index in [1.165, 1.54) is 17.7 Å². The van der Waals surface area contributed by atoms with Crippen molar-refractivity contribution in [3.05, 3.63) is 29.1 Å². The van der Waals surface area contributed by atoms with E-state index in [0.29, 0.717) is 18.2 Å². The number of likely N-dealkylation sites (N-methyl/N-ethyl adjacent to an activating group) is 1. The lowest BCUT2D eigenvalue weighted by atomic mass is 9.96. The maximum atomic E-state index is 14.1. The van der Waals surface area contributed by atoms with Crippen LogP contribution in [0.1, 0.15) is 30.4 Å². The van der Waals surface area contributed by atoms with Gasteiger partial charge in [0.05, 0.1) is 12.1 Å². The third-order valence-electron chi connectivity index (χ3n) is 4.15. The molecule has 2 heterocycles. The quantitative estimate of drug-likeness (QED) is 0.884. The molecule has 1 N–H and O–H groups in total. The van der Waals surface area contributed by atoms with Crippen LogP contribution in [-0.4, -0.2) is 25.5 Å². The third-order valence-corrected chi connectivity index (χ3v) is 4.15. The Labute approximate surface area is 112 Å². The van der Waals surface area contributed by atoms with Crippen LogP contribution in [-0.2, 0) is 17.6 Å². The average molecular weight is 262 g/mol. The van der Waals surface area contributed by atoms with E-state index in [2.05, 4.69) is 5.32 Å². The zero-order valence-electron chi connectivity index (χ0n) is 11.2. The van der Waals surface area contributed by atoms with Gasteiger partial charge >= 0.3 is 0 Å². The van der Waals surface area contributed by atoms with Gasteiger partial charge in [-0.05, 0) is 43.0 Å². The molecule has 4 heteroatoms. The highest BCUT2D eigenvalue weighted by Crippen LogP contribution is 2.32. The number of halogens is 1. The number of hydrogen-bond donors (Lipinski definition) is 1. The molecule has 0 aromatic heterocycles. The standard InChI is InChI=1S/C15H19FN2O/c1-18-14(19)9-11-6-10(8-13(16)15(11)18)7-12-4-2-3-5-17-12/h6,8,12,17H,2-5,7,9H2,1H3. The summed E-state index contributed by atoms with van der Waals surface area (Å²) in [4.78, 5) is 13.1. The molecule has 1 atom stereocenters. The number of rotatable bonds is 2. The van der Waals surface area contributed by atoms with Gasteiger partial charge < -0.3 is 10.2 Å². The first-order chi connectivity index (χ1) is 9.15. The van der Waals surface area contributed by atoms with Gasteiger partial charge in [0, 0.05) is 13.1 Å². The largest absolute Gasteiger partial charge is 0.314 e.